The molecule has 3 heteroatoms. The minimum atomic E-state index is 0.531. The zero-order chi connectivity index (χ0) is 15.4. The number of fused-ring (bicyclic) bond motifs is 3. The average Bonchev–Trinajstić information content (AvgIpc) is 2.89. The molecule has 1 aromatic carbocycles. The summed E-state index contributed by atoms with van der Waals surface area (Å²) in [6, 6.07) is 10.8. The minimum Gasteiger partial charge on any atom is -0.355 e. The van der Waals surface area contributed by atoms with Crippen LogP contribution in [-0.4, -0.2) is 29.5 Å². The number of benzene rings is 1. The van der Waals surface area contributed by atoms with Gasteiger partial charge in [0, 0.05) is 23.1 Å². The van der Waals surface area contributed by atoms with E-state index in [0.29, 0.717) is 6.54 Å². The molecule has 1 aliphatic heterocycles. The summed E-state index contributed by atoms with van der Waals surface area (Å²) >= 11 is 0. The molecule has 0 saturated carbocycles. The summed E-state index contributed by atoms with van der Waals surface area (Å²) in [5, 5.41) is 10.3. The predicted molar refractivity (Wildman–Crippen MR) is 91.6 cm³/mol. The van der Waals surface area contributed by atoms with Gasteiger partial charge in [-0.1, -0.05) is 30.7 Å². The van der Waals surface area contributed by atoms with E-state index >= 15 is 0 Å². The summed E-state index contributed by atoms with van der Waals surface area (Å²) < 4.78 is 0. The molecule has 0 spiro atoms. The fourth-order valence-corrected chi connectivity index (χ4v) is 3.34. The van der Waals surface area contributed by atoms with Crippen LogP contribution in [0.25, 0.3) is 17.0 Å². The van der Waals surface area contributed by atoms with Gasteiger partial charge in [-0.25, -0.2) is 0 Å². The maximum atomic E-state index is 9.02. The van der Waals surface area contributed by atoms with Gasteiger partial charge >= 0.3 is 0 Å². The minimum absolute atomic E-state index is 0.531. The molecule has 0 unspecified atom stereocenters. The van der Waals surface area contributed by atoms with Crippen LogP contribution in [-0.2, 0) is 6.42 Å². The van der Waals surface area contributed by atoms with Gasteiger partial charge in [0.2, 0.25) is 0 Å². The Morgan fingerprint density at radius 2 is 2.09 bits per heavy atom. The number of allylic oxidation sites excluding steroid dienone is 1. The summed E-state index contributed by atoms with van der Waals surface area (Å²) in [4.78, 5) is 5.87. The van der Waals surface area contributed by atoms with Gasteiger partial charge in [-0.05, 0) is 49.9 Å². The second-order valence-electron chi connectivity index (χ2n) is 6.01. The molecule has 0 amide bonds. The number of H-pyrrole nitrogens is 1. The van der Waals surface area contributed by atoms with Gasteiger partial charge in [0.05, 0.1) is 12.6 Å². The second kappa shape index (κ2) is 6.81. The summed E-state index contributed by atoms with van der Waals surface area (Å²) in [5.41, 5.74) is 5.36. The molecular weight excluding hydrogens is 270 g/mol. The third kappa shape index (κ3) is 3.08. The molecule has 0 aliphatic carbocycles. The quantitative estimate of drug-likeness (QED) is 0.846. The number of rotatable bonds is 2. The Hall–Kier alpha value is -2.05. The standard InChI is InChI=1S/C19H23N3/c1-2-15-6-5-11-22(13-10-20)12-9-17-16-7-3-4-8-18(16)21-19(17)14-15/h3-4,7-8,14,21H,2,5-6,9,11-13H2,1H3/b15-14+. The van der Waals surface area contributed by atoms with Crippen molar-refractivity contribution in [3.63, 3.8) is 0 Å². The third-order valence-corrected chi connectivity index (χ3v) is 4.59. The van der Waals surface area contributed by atoms with E-state index in [9.17, 15) is 0 Å². The Morgan fingerprint density at radius 3 is 2.91 bits per heavy atom. The van der Waals surface area contributed by atoms with Crippen LogP contribution in [0.3, 0.4) is 0 Å². The SMILES string of the molecule is CC/C1=C\c2[nH]c3ccccc3c2CCN(CC#N)CCC1. The Bertz CT molecular complexity index is 718. The van der Waals surface area contributed by atoms with E-state index in [-0.39, 0.29) is 0 Å². The average molecular weight is 293 g/mol. The first-order valence-electron chi connectivity index (χ1n) is 8.20. The van der Waals surface area contributed by atoms with Crippen molar-refractivity contribution in [3.05, 3.63) is 41.1 Å². The highest BCUT2D eigenvalue weighted by atomic mass is 15.1. The van der Waals surface area contributed by atoms with Crippen molar-refractivity contribution in [3.8, 4) is 6.07 Å². The van der Waals surface area contributed by atoms with Crippen LogP contribution < -0.4 is 0 Å². The van der Waals surface area contributed by atoms with E-state index in [1.165, 1.54) is 27.7 Å². The van der Waals surface area contributed by atoms with Crippen LogP contribution in [0.4, 0.5) is 0 Å². The molecule has 2 heterocycles. The van der Waals surface area contributed by atoms with Crippen molar-refractivity contribution < 1.29 is 0 Å². The molecule has 3 rings (SSSR count). The van der Waals surface area contributed by atoms with Crippen LogP contribution >= 0.6 is 0 Å². The number of hydrogen-bond donors (Lipinski definition) is 1. The molecule has 1 aromatic heterocycles. The highest BCUT2D eigenvalue weighted by molar-refractivity contribution is 5.87. The number of para-hydroxylation sites is 1. The summed E-state index contributed by atoms with van der Waals surface area (Å²) in [6.07, 6.45) is 6.70. The first-order chi connectivity index (χ1) is 10.8. The molecule has 0 radical (unpaired) electrons. The first-order valence-corrected chi connectivity index (χ1v) is 8.20. The van der Waals surface area contributed by atoms with E-state index in [4.69, 9.17) is 5.26 Å². The molecule has 1 aliphatic rings. The number of nitrogens with zero attached hydrogens (tertiary/aromatic N) is 2. The molecule has 1 N–H and O–H groups in total. The summed E-state index contributed by atoms with van der Waals surface area (Å²) in [7, 11) is 0. The molecule has 0 fully saturated rings. The van der Waals surface area contributed by atoms with Gasteiger partial charge in [0.1, 0.15) is 0 Å². The highest BCUT2D eigenvalue weighted by Gasteiger charge is 2.14. The van der Waals surface area contributed by atoms with Gasteiger partial charge < -0.3 is 4.98 Å². The molecule has 0 atom stereocenters. The first kappa shape index (κ1) is 14.9. The monoisotopic (exact) mass is 293 g/mol. The molecule has 0 saturated heterocycles. The number of hydrogen-bond acceptors (Lipinski definition) is 2. The van der Waals surface area contributed by atoms with E-state index in [0.717, 1.165) is 38.8 Å². The van der Waals surface area contributed by atoms with Crippen LogP contribution in [0.1, 0.15) is 37.4 Å². The zero-order valence-electron chi connectivity index (χ0n) is 13.2. The second-order valence-corrected chi connectivity index (χ2v) is 6.01. The molecule has 22 heavy (non-hydrogen) atoms. The number of aromatic nitrogens is 1. The van der Waals surface area contributed by atoms with Gasteiger partial charge in [0.25, 0.3) is 0 Å². The lowest BCUT2D eigenvalue weighted by Crippen LogP contribution is -2.28. The predicted octanol–water partition coefficient (Wildman–Crippen LogP) is 4.12. The van der Waals surface area contributed by atoms with E-state index < -0.39 is 0 Å². The maximum Gasteiger partial charge on any atom is 0.0866 e. The normalized spacial score (nSPS) is 19.2. The van der Waals surface area contributed by atoms with Crippen LogP contribution in [0.15, 0.2) is 29.8 Å². The van der Waals surface area contributed by atoms with Crippen LogP contribution in [0.5, 0.6) is 0 Å². The Balaban J connectivity index is 2.03. The maximum absolute atomic E-state index is 9.02. The van der Waals surface area contributed by atoms with Gasteiger partial charge in [0.15, 0.2) is 0 Å². The topological polar surface area (TPSA) is 42.8 Å². The van der Waals surface area contributed by atoms with E-state index in [2.05, 4.69) is 53.2 Å². The van der Waals surface area contributed by atoms with Crippen molar-refractivity contribution in [1.82, 2.24) is 9.88 Å². The van der Waals surface area contributed by atoms with Crippen molar-refractivity contribution in [1.29, 1.82) is 5.26 Å². The fourth-order valence-electron chi connectivity index (χ4n) is 3.34. The highest BCUT2D eigenvalue weighted by Crippen LogP contribution is 2.27. The molecule has 2 aromatic rings. The van der Waals surface area contributed by atoms with Crippen molar-refractivity contribution in [2.24, 2.45) is 0 Å². The van der Waals surface area contributed by atoms with Gasteiger partial charge in [-0.3, -0.25) is 4.90 Å². The molecule has 114 valence electrons. The Labute approximate surface area is 132 Å². The van der Waals surface area contributed by atoms with Gasteiger partial charge in [-0.15, -0.1) is 0 Å². The number of aromatic amines is 1. The fraction of sp³-hybridized carbons (Fsp3) is 0.421. The summed E-state index contributed by atoms with van der Waals surface area (Å²) in [5.74, 6) is 0. The van der Waals surface area contributed by atoms with Gasteiger partial charge in [-0.2, -0.15) is 5.26 Å². The lowest BCUT2D eigenvalue weighted by Gasteiger charge is -2.20. The summed E-state index contributed by atoms with van der Waals surface area (Å²) in [6.45, 7) is 4.73. The zero-order valence-corrected chi connectivity index (χ0v) is 13.2. The number of nitriles is 1. The largest absolute Gasteiger partial charge is 0.355 e. The lowest BCUT2D eigenvalue weighted by molar-refractivity contribution is 0.305. The Morgan fingerprint density at radius 1 is 1.23 bits per heavy atom. The Kier molecular flexibility index (Phi) is 4.60. The number of nitrogens with one attached hydrogen (secondary N) is 1. The van der Waals surface area contributed by atoms with Crippen molar-refractivity contribution >= 4 is 17.0 Å². The molecule has 0 bridgehead atoms. The van der Waals surface area contributed by atoms with Crippen LogP contribution in [0.2, 0.25) is 0 Å². The van der Waals surface area contributed by atoms with Crippen LogP contribution in [0, 0.1) is 11.3 Å². The third-order valence-electron chi connectivity index (χ3n) is 4.59. The molecule has 3 nitrogen and oxygen atoms in total. The van der Waals surface area contributed by atoms with Crippen molar-refractivity contribution in [2.45, 2.75) is 32.6 Å². The van der Waals surface area contributed by atoms with E-state index in [1.54, 1.807) is 0 Å². The van der Waals surface area contributed by atoms with Crippen molar-refractivity contribution in [2.75, 3.05) is 19.6 Å². The lowest BCUT2D eigenvalue weighted by atomic mass is 10.0. The molecular formula is C19H23N3. The smallest absolute Gasteiger partial charge is 0.0866 e. The van der Waals surface area contributed by atoms with E-state index in [1.807, 2.05) is 0 Å².